The second kappa shape index (κ2) is 6.72. The van der Waals surface area contributed by atoms with Crippen LogP contribution in [0.5, 0.6) is 0 Å². The molecule has 22 heavy (non-hydrogen) atoms. The molecular weight excluding hydrogens is 347 g/mol. The van der Waals surface area contributed by atoms with Gasteiger partial charge in [-0.05, 0) is 32.0 Å². The number of H-pyrrole nitrogens is 1. The van der Waals surface area contributed by atoms with Crippen LogP contribution in [0.2, 0.25) is 5.02 Å². The molecule has 2 N–H and O–H groups in total. The van der Waals surface area contributed by atoms with Gasteiger partial charge in [0.15, 0.2) is 0 Å². The average molecular weight is 365 g/mol. The summed E-state index contributed by atoms with van der Waals surface area (Å²) in [6.07, 6.45) is 3.90. The number of hydrogen-bond acceptors (Lipinski definition) is 4. The van der Waals surface area contributed by atoms with E-state index in [4.69, 9.17) is 11.6 Å². The summed E-state index contributed by atoms with van der Waals surface area (Å²) in [6, 6.07) is 1.60. The molecule has 2 aromatic rings. The van der Waals surface area contributed by atoms with Gasteiger partial charge in [0.05, 0.1) is 10.4 Å². The van der Waals surface area contributed by atoms with E-state index in [1.54, 1.807) is 12.3 Å². The summed E-state index contributed by atoms with van der Waals surface area (Å²) in [5, 5.41) is 3.96. The Balaban J connectivity index is 0.00000176. The Morgan fingerprint density at radius 3 is 3.05 bits per heavy atom. The largest absolute Gasteiger partial charge is 0.345 e. The molecule has 0 saturated carbocycles. The van der Waals surface area contributed by atoms with Gasteiger partial charge in [0.2, 0.25) is 10.0 Å². The number of fused-ring (bicyclic) bond motifs is 1. The molecule has 1 atom stereocenters. The Hall–Kier alpha value is -0.860. The molecular formula is C13H18Cl2N4O2S. The van der Waals surface area contributed by atoms with Gasteiger partial charge in [0, 0.05) is 25.5 Å². The Bertz CT molecular complexity index is 762. The van der Waals surface area contributed by atoms with E-state index in [2.05, 4.69) is 15.3 Å². The molecule has 1 aliphatic heterocycles. The number of aromatic amines is 1. The van der Waals surface area contributed by atoms with Crippen molar-refractivity contribution in [1.29, 1.82) is 0 Å². The van der Waals surface area contributed by atoms with Crippen LogP contribution in [0.3, 0.4) is 0 Å². The second-order valence-corrected chi connectivity index (χ2v) is 7.56. The van der Waals surface area contributed by atoms with Crippen molar-refractivity contribution < 1.29 is 8.42 Å². The first kappa shape index (κ1) is 17.5. The van der Waals surface area contributed by atoms with Crippen LogP contribution in [-0.4, -0.2) is 49.4 Å². The smallest absolute Gasteiger partial charge is 0.245 e. The maximum Gasteiger partial charge on any atom is 0.245 e. The van der Waals surface area contributed by atoms with Crippen LogP contribution in [0.15, 0.2) is 23.4 Å². The number of rotatable bonds is 4. The number of aromatic nitrogens is 2. The molecule has 9 heteroatoms. The first-order valence-corrected chi connectivity index (χ1v) is 8.62. The molecule has 0 radical (unpaired) electrons. The highest BCUT2D eigenvalue weighted by Gasteiger charge is 2.34. The van der Waals surface area contributed by atoms with E-state index in [1.807, 2.05) is 7.05 Å². The Morgan fingerprint density at radius 2 is 2.32 bits per heavy atom. The molecule has 1 unspecified atom stereocenters. The third-order valence-electron chi connectivity index (χ3n) is 3.85. The molecule has 0 aliphatic carbocycles. The average Bonchev–Trinajstić information content (AvgIpc) is 3.06. The monoisotopic (exact) mass is 364 g/mol. The number of sulfonamides is 1. The summed E-state index contributed by atoms with van der Waals surface area (Å²) in [4.78, 5) is 7.20. The fraction of sp³-hybridized carbons (Fsp3) is 0.462. The Labute approximate surface area is 140 Å². The minimum Gasteiger partial charge on any atom is -0.345 e. The van der Waals surface area contributed by atoms with Crippen LogP contribution in [-0.2, 0) is 10.0 Å². The van der Waals surface area contributed by atoms with Gasteiger partial charge in [-0.25, -0.2) is 13.4 Å². The lowest BCUT2D eigenvalue weighted by Crippen LogP contribution is -2.30. The Morgan fingerprint density at radius 1 is 1.55 bits per heavy atom. The third-order valence-corrected chi connectivity index (χ3v) is 6.05. The van der Waals surface area contributed by atoms with E-state index < -0.39 is 10.0 Å². The predicted molar refractivity (Wildman–Crippen MR) is 89.1 cm³/mol. The molecule has 0 spiro atoms. The van der Waals surface area contributed by atoms with Gasteiger partial charge in [-0.3, -0.25) is 0 Å². The van der Waals surface area contributed by atoms with Crippen molar-refractivity contribution in [2.24, 2.45) is 5.92 Å². The summed E-state index contributed by atoms with van der Waals surface area (Å²) in [6.45, 7) is 1.90. The molecule has 0 aromatic carbocycles. The summed E-state index contributed by atoms with van der Waals surface area (Å²) in [5.41, 5.74) is 0.493. The van der Waals surface area contributed by atoms with Crippen molar-refractivity contribution in [2.75, 3.05) is 26.7 Å². The molecule has 3 rings (SSSR count). The number of nitrogens with one attached hydrogen (secondary N) is 2. The van der Waals surface area contributed by atoms with E-state index in [0.717, 1.165) is 13.0 Å². The number of pyridine rings is 1. The van der Waals surface area contributed by atoms with E-state index in [0.29, 0.717) is 35.1 Å². The van der Waals surface area contributed by atoms with Crippen LogP contribution < -0.4 is 5.32 Å². The molecule has 1 aliphatic rings. The molecule has 3 heterocycles. The number of halogens is 2. The van der Waals surface area contributed by atoms with E-state index in [9.17, 15) is 8.42 Å². The molecule has 6 nitrogen and oxygen atoms in total. The third kappa shape index (κ3) is 2.96. The summed E-state index contributed by atoms with van der Waals surface area (Å²) < 4.78 is 27.2. The highest BCUT2D eigenvalue weighted by Crippen LogP contribution is 2.32. The minimum atomic E-state index is -3.55. The molecule has 2 aromatic heterocycles. The van der Waals surface area contributed by atoms with Crippen molar-refractivity contribution in [2.45, 2.75) is 11.3 Å². The Kier molecular flexibility index (Phi) is 5.34. The maximum absolute atomic E-state index is 12.8. The van der Waals surface area contributed by atoms with Crippen molar-refractivity contribution >= 4 is 45.1 Å². The maximum atomic E-state index is 12.8. The first-order chi connectivity index (χ1) is 10.0. The van der Waals surface area contributed by atoms with Gasteiger partial charge in [0.1, 0.15) is 10.5 Å². The first-order valence-electron chi connectivity index (χ1n) is 6.80. The second-order valence-electron chi connectivity index (χ2n) is 5.24. The minimum absolute atomic E-state index is 0. The summed E-state index contributed by atoms with van der Waals surface area (Å²) in [5.74, 6) is 0.351. The lowest BCUT2D eigenvalue weighted by atomic mass is 10.1. The SMILES string of the molecule is CNCC1CCN(S(=O)(=O)c2c[nH]c3nccc(Cl)c23)C1.Cl. The van der Waals surface area contributed by atoms with Crippen LogP contribution >= 0.6 is 24.0 Å². The normalized spacial score (nSPS) is 19.5. The molecule has 0 amide bonds. The zero-order chi connectivity index (χ0) is 15.0. The predicted octanol–water partition coefficient (Wildman–Crippen LogP) is 1.87. The lowest BCUT2D eigenvalue weighted by Gasteiger charge is -2.16. The van der Waals surface area contributed by atoms with Crippen LogP contribution in [0.1, 0.15) is 6.42 Å². The van der Waals surface area contributed by atoms with Gasteiger partial charge < -0.3 is 10.3 Å². The molecule has 1 saturated heterocycles. The van der Waals surface area contributed by atoms with Crippen molar-refractivity contribution in [3.63, 3.8) is 0 Å². The van der Waals surface area contributed by atoms with Gasteiger partial charge in [-0.1, -0.05) is 11.6 Å². The lowest BCUT2D eigenvalue weighted by molar-refractivity contribution is 0.451. The fourth-order valence-electron chi connectivity index (χ4n) is 2.80. The zero-order valence-electron chi connectivity index (χ0n) is 12.0. The molecule has 122 valence electrons. The fourth-order valence-corrected chi connectivity index (χ4v) is 4.81. The quantitative estimate of drug-likeness (QED) is 0.867. The highest BCUT2D eigenvalue weighted by atomic mass is 35.5. The topological polar surface area (TPSA) is 78.1 Å². The highest BCUT2D eigenvalue weighted by molar-refractivity contribution is 7.89. The van der Waals surface area contributed by atoms with Gasteiger partial charge >= 0.3 is 0 Å². The molecule has 0 bridgehead atoms. The number of hydrogen-bond donors (Lipinski definition) is 2. The molecule has 1 fully saturated rings. The van der Waals surface area contributed by atoms with Crippen molar-refractivity contribution in [1.82, 2.24) is 19.6 Å². The van der Waals surface area contributed by atoms with Crippen LogP contribution in [0.4, 0.5) is 0 Å². The summed E-state index contributed by atoms with van der Waals surface area (Å²) >= 11 is 6.14. The van der Waals surface area contributed by atoms with Gasteiger partial charge in [0.25, 0.3) is 0 Å². The van der Waals surface area contributed by atoms with Gasteiger partial charge in [-0.15, -0.1) is 12.4 Å². The summed E-state index contributed by atoms with van der Waals surface area (Å²) in [7, 11) is -1.67. The van der Waals surface area contributed by atoms with Gasteiger partial charge in [-0.2, -0.15) is 4.31 Å². The van der Waals surface area contributed by atoms with Crippen molar-refractivity contribution in [3.8, 4) is 0 Å². The van der Waals surface area contributed by atoms with Crippen LogP contribution in [0.25, 0.3) is 11.0 Å². The van der Waals surface area contributed by atoms with E-state index in [1.165, 1.54) is 10.5 Å². The zero-order valence-corrected chi connectivity index (χ0v) is 14.4. The number of nitrogens with zero attached hydrogens (tertiary/aromatic N) is 2. The van der Waals surface area contributed by atoms with Crippen molar-refractivity contribution in [3.05, 3.63) is 23.5 Å². The van der Waals surface area contributed by atoms with E-state index in [-0.39, 0.29) is 17.3 Å². The standard InChI is InChI=1S/C13H17ClN4O2S.ClH/c1-15-6-9-3-5-18(8-9)21(19,20)11-7-17-13-12(11)10(14)2-4-16-13;/h2,4,7,9,15H,3,5-6,8H2,1H3,(H,16,17);1H. The van der Waals surface area contributed by atoms with Crippen LogP contribution in [0, 0.1) is 5.92 Å². The van der Waals surface area contributed by atoms with E-state index >= 15 is 0 Å².